The van der Waals surface area contributed by atoms with Crippen molar-refractivity contribution in [2.45, 2.75) is 13.1 Å². The number of imidazole rings is 1. The number of hydrogen-bond donors (Lipinski definition) is 1. The summed E-state index contributed by atoms with van der Waals surface area (Å²) in [6, 6.07) is 15.9. The Morgan fingerprint density at radius 2 is 1.96 bits per heavy atom. The number of methoxy groups -OCH3 is 1. The number of rotatable bonds is 6. The molecule has 0 aliphatic rings. The molecule has 0 spiro atoms. The first-order valence-corrected chi connectivity index (χ1v) is 9.41. The van der Waals surface area contributed by atoms with Crippen LogP contribution in [-0.4, -0.2) is 34.0 Å². The average molecular weight is 393 g/mol. The second-order valence-corrected chi connectivity index (χ2v) is 7.18. The van der Waals surface area contributed by atoms with E-state index in [-0.39, 0.29) is 0 Å². The Hall–Kier alpha value is -2.89. The molecule has 4 rings (SSSR count). The van der Waals surface area contributed by atoms with Gasteiger partial charge < -0.3 is 9.72 Å². The van der Waals surface area contributed by atoms with Gasteiger partial charge in [-0.3, -0.25) is 4.90 Å². The molecule has 28 heavy (non-hydrogen) atoms. The normalized spacial score (nSPS) is 11.3. The lowest BCUT2D eigenvalue weighted by atomic mass is 10.0. The van der Waals surface area contributed by atoms with Gasteiger partial charge in [0.2, 0.25) is 0 Å². The predicted molar refractivity (Wildman–Crippen MR) is 112 cm³/mol. The molecule has 1 N–H and O–H groups in total. The highest BCUT2D eigenvalue weighted by atomic mass is 35.5. The van der Waals surface area contributed by atoms with Gasteiger partial charge in [0.05, 0.1) is 24.9 Å². The van der Waals surface area contributed by atoms with Gasteiger partial charge in [-0.2, -0.15) is 0 Å². The lowest BCUT2D eigenvalue weighted by Gasteiger charge is -2.19. The van der Waals surface area contributed by atoms with E-state index in [1.807, 2.05) is 48.7 Å². The van der Waals surface area contributed by atoms with Crippen molar-refractivity contribution < 1.29 is 4.74 Å². The third-order valence-corrected chi connectivity index (χ3v) is 4.87. The predicted octanol–water partition coefficient (Wildman–Crippen LogP) is 4.92. The molecule has 0 saturated heterocycles. The average Bonchev–Trinajstić information content (AvgIpc) is 3.20. The number of ether oxygens (including phenoxy) is 1. The van der Waals surface area contributed by atoms with E-state index in [0.29, 0.717) is 5.02 Å². The van der Waals surface area contributed by atoms with Crippen molar-refractivity contribution in [2.75, 3.05) is 14.2 Å². The number of H-pyrrole nitrogens is 1. The van der Waals surface area contributed by atoms with E-state index < -0.39 is 0 Å². The van der Waals surface area contributed by atoms with Gasteiger partial charge in [0.15, 0.2) is 0 Å². The fraction of sp³-hybridized carbons (Fsp3) is 0.182. The van der Waals surface area contributed by atoms with Crippen LogP contribution >= 0.6 is 11.6 Å². The van der Waals surface area contributed by atoms with Gasteiger partial charge >= 0.3 is 0 Å². The zero-order valence-electron chi connectivity index (χ0n) is 15.8. The van der Waals surface area contributed by atoms with E-state index in [9.17, 15) is 0 Å². The van der Waals surface area contributed by atoms with Crippen LogP contribution in [0.1, 0.15) is 11.4 Å². The molecule has 6 heteroatoms. The smallest absolute Gasteiger partial charge is 0.128 e. The van der Waals surface area contributed by atoms with Crippen LogP contribution in [0.5, 0.6) is 5.75 Å². The fourth-order valence-electron chi connectivity index (χ4n) is 3.36. The Bertz CT molecular complexity index is 1100. The van der Waals surface area contributed by atoms with Gasteiger partial charge in [0.25, 0.3) is 0 Å². The highest BCUT2D eigenvalue weighted by molar-refractivity contribution is 6.31. The molecule has 0 unspecified atom stereocenters. The number of para-hydroxylation sites is 1. The number of hydrogen-bond acceptors (Lipinski definition) is 4. The molecule has 2 heterocycles. The summed E-state index contributed by atoms with van der Waals surface area (Å²) in [5.74, 6) is 1.73. The number of nitrogens with one attached hydrogen (secondary N) is 1. The quantitative estimate of drug-likeness (QED) is 0.506. The van der Waals surface area contributed by atoms with Gasteiger partial charge in [-0.15, -0.1) is 0 Å². The third-order valence-electron chi connectivity index (χ3n) is 4.64. The lowest BCUT2D eigenvalue weighted by Crippen LogP contribution is -2.19. The van der Waals surface area contributed by atoms with Crippen molar-refractivity contribution >= 4 is 22.5 Å². The summed E-state index contributed by atoms with van der Waals surface area (Å²) < 4.78 is 5.59. The minimum Gasteiger partial charge on any atom is -0.496 e. The number of halogens is 1. The number of benzene rings is 2. The van der Waals surface area contributed by atoms with Gasteiger partial charge in [-0.25, -0.2) is 9.97 Å². The first-order chi connectivity index (χ1) is 13.6. The number of aromatic nitrogens is 3. The summed E-state index contributed by atoms with van der Waals surface area (Å²) in [7, 11) is 3.75. The lowest BCUT2D eigenvalue weighted by molar-refractivity contribution is 0.312. The third kappa shape index (κ3) is 3.86. The largest absolute Gasteiger partial charge is 0.496 e. The van der Waals surface area contributed by atoms with Gasteiger partial charge in [0.1, 0.15) is 11.6 Å². The first kappa shape index (κ1) is 18.5. The van der Waals surface area contributed by atoms with Crippen molar-refractivity contribution in [1.82, 2.24) is 19.9 Å². The van der Waals surface area contributed by atoms with Gasteiger partial charge in [0, 0.05) is 34.9 Å². The molecular weight excluding hydrogens is 372 g/mol. The molecule has 4 aromatic rings. The molecule has 5 nitrogen and oxygen atoms in total. The van der Waals surface area contributed by atoms with Gasteiger partial charge in [-0.05, 0) is 42.9 Å². The summed E-state index contributed by atoms with van der Waals surface area (Å²) in [4.78, 5) is 14.6. The van der Waals surface area contributed by atoms with E-state index in [1.54, 1.807) is 13.3 Å². The van der Waals surface area contributed by atoms with Crippen LogP contribution in [0.3, 0.4) is 0 Å². The summed E-state index contributed by atoms with van der Waals surface area (Å²) in [6.45, 7) is 1.44. The van der Waals surface area contributed by atoms with Crippen molar-refractivity contribution in [3.05, 3.63) is 77.3 Å². The van der Waals surface area contributed by atoms with E-state index in [1.165, 1.54) is 0 Å². The van der Waals surface area contributed by atoms with E-state index in [2.05, 4.69) is 28.0 Å². The van der Waals surface area contributed by atoms with Crippen LogP contribution in [-0.2, 0) is 13.1 Å². The SMILES string of the molecule is COc1ccccc1-c1nc2cc(Cl)ccc2cc1CN(C)Cc1ncc[nH]1. The van der Waals surface area contributed by atoms with E-state index in [4.69, 9.17) is 21.3 Å². The molecule has 0 atom stereocenters. The zero-order valence-corrected chi connectivity index (χ0v) is 16.6. The molecule has 0 aliphatic carbocycles. The minimum absolute atomic E-state index is 0.675. The Morgan fingerprint density at radius 3 is 2.75 bits per heavy atom. The topological polar surface area (TPSA) is 54.0 Å². The van der Waals surface area contributed by atoms with Crippen molar-refractivity contribution in [3.63, 3.8) is 0 Å². The van der Waals surface area contributed by atoms with Crippen LogP contribution in [0, 0.1) is 0 Å². The maximum Gasteiger partial charge on any atom is 0.128 e. The highest BCUT2D eigenvalue weighted by Gasteiger charge is 2.15. The van der Waals surface area contributed by atoms with E-state index >= 15 is 0 Å². The van der Waals surface area contributed by atoms with Crippen LogP contribution in [0.25, 0.3) is 22.2 Å². The molecule has 0 bridgehead atoms. The number of aromatic amines is 1. The molecule has 0 aliphatic heterocycles. The van der Waals surface area contributed by atoms with Crippen LogP contribution in [0.2, 0.25) is 5.02 Å². The molecule has 0 saturated carbocycles. The standard InChI is InChI=1S/C22H21ClN4O/c1-27(14-21-24-9-10-25-21)13-16-11-15-7-8-17(23)12-19(15)26-22(16)18-5-3-4-6-20(18)28-2/h3-12H,13-14H2,1-2H3,(H,24,25). The summed E-state index contributed by atoms with van der Waals surface area (Å²) in [5, 5.41) is 1.73. The van der Waals surface area contributed by atoms with Gasteiger partial charge in [-0.1, -0.05) is 29.8 Å². The maximum atomic E-state index is 6.20. The fourth-order valence-corrected chi connectivity index (χ4v) is 3.53. The number of pyridine rings is 1. The Balaban J connectivity index is 1.79. The molecule has 0 radical (unpaired) electrons. The summed E-state index contributed by atoms with van der Waals surface area (Å²) in [6.07, 6.45) is 3.61. The Labute approximate surface area is 169 Å². The molecule has 0 amide bonds. The highest BCUT2D eigenvalue weighted by Crippen LogP contribution is 2.33. The maximum absolute atomic E-state index is 6.20. The van der Waals surface area contributed by atoms with Crippen LogP contribution in [0.15, 0.2) is 60.9 Å². The zero-order chi connectivity index (χ0) is 19.5. The number of nitrogens with zero attached hydrogens (tertiary/aromatic N) is 3. The van der Waals surface area contributed by atoms with Crippen LogP contribution < -0.4 is 4.74 Å². The van der Waals surface area contributed by atoms with Crippen LogP contribution in [0.4, 0.5) is 0 Å². The van der Waals surface area contributed by atoms with E-state index in [0.717, 1.165) is 52.4 Å². The second-order valence-electron chi connectivity index (χ2n) is 6.74. The Morgan fingerprint density at radius 1 is 1.11 bits per heavy atom. The minimum atomic E-state index is 0.675. The monoisotopic (exact) mass is 392 g/mol. The molecule has 142 valence electrons. The second kappa shape index (κ2) is 8.00. The first-order valence-electron chi connectivity index (χ1n) is 9.03. The van der Waals surface area contributed by atoms with Crippen molar-refractivity contribution in [2.24, 2.45) is 0 Å². The molecule has 2 aromatic carbocycles. The summed E-state index contributed by atoms with van der Waals surface area (Å²) >= 11 is 6.20. The van der Waals surface area contributed by atoms with Crippen molar-refractivity contribution in [3.8, 4) is 17.0 Å². The number of fused-ring (bicyclic) bond motifs is 1. The summed E-state index contributed by atoms with van der Waals surface area (Å²) in [5.41, 5.74) is 3.85. The Kier molecular flexibility index (Phi) is 5.28. The van der Waals surface area contributed by atoms with Crippen molar-refractivity contribution in [1.29, 1.82) is 0 Å². The molecule has 0 fully saturated rings. The molecule has 2 aromatic heterocycles. The molecular formula is C22H21ClN4O.